The molecule has 0 amide bonds. The van der Waals surface area contributed by atoms with Gasteiger partial charge < -0.3 is 16.0 Å². The number of allylic oxidation sites excluding steroid dienone is 1. The number of nitrogens with zero attached hydrogens (tertiary/aromatic N) is 1. The second kappa shape index (κ2) is 6.63. The first kappa shape index (κ1) is 14.6. The molecule has 114 valence electrons. The van der Waals surface area contributed by atoms with Crippen molar-refractivity contribution in [3.8, 4) is 0 Å². The molecule has 3 rings (SSSR count). The molecule has 1 atom stereocenters. The van der Waals surface area contributed by atoms with E-state index in [4.69, 9.17) is 5.73 Å². The van der Waals surface area contributed by atoms with Crippen LogP contribution in [-0.4, -0.2) is 26.7 Å². The van der Waals surface area contributed by atoms with E-state index in [2.05, 4.69) is 41.5 Å². The van der Waals surface area contributed by atoms with Crippen molar-refractivity contribution >= 4 is 5.69 Å². The Kier molecular flexibility index (Phi) is 4.61. The smallest absolute Gasteiger partial charge is 0.0444 e. The van der Waals surface area contributed by atoms with E-state index in [1.807, 2.05) is 0 Å². The van der Waals surface area contributed by atoms with Crippen molar-refractivity contribution in [1.82, 2.24) is 5.32 Å². The number of hydrogen-bond donors (Lipinski definition) is 2. The molecule has 3 heteroatoms. The Bertz CT molecular complexity index is 521. The quantitative estimate of drug-likeness (QED) is 0.790. The predicted molar refractivity (Wildman–Crippen MR) is 89.8 cm³/mol. The third-order valence-electron chi connectivity index (χ3n) is 4.84. The first-order valence-corrected chi connectivity index (χ1v) is 8.23. The highest BCUT2D eigenvalue weighted by Gasteiger charge is 2.18. The van der Waals surface area contributed by atoms with Gasteiger partial charge in [-0.15, -0.1) is 0 Å². The van der Waals surface area contributed by atoms with Crippen LogP contribution in [0, 0.1) is 0 Å². The van der Waals surface area contributed by atoms with Gasteiger partial charge in [0.2, 0.25) is 0 Å². The van der Waals surface area contributed by atoms with Gasteiger partial charge in [0.15, 0.2) is 0 Å². The maximum atomic E-state index is 5.98. The van der Waals surface area contributed by atoms with Gasteiger partial charge in [-0.2, -0.15) is 0 Å². The van der Waals surface area contributed by atoms with Crippen molar-refractivity contribution in [1.29, 1.82) is 0 Å². The standard InChI is InChI=1S/C18H27N3/c1-21-11-9-16-12-15(6-7-18(16)21)17(13-19)20-10-8-14-4-2-3-5-14/h4,6-7,12,17,20H,2-3,5,8-11,13,19H2,1H3. The molecule has 0 saturated carbocycles. The van der Waals surface area contributed by atoms with Gasteiger partial charge in [0, 0.05) is 31.9 Å². The molecule has 1 unspecified atom stereocenters. The number of benzene rings is 1. The average molecular weight is 285 g/mol. The van der Waals surface area contributed by atoms with E-state index in [-0.39, 0.29) is 6.04 Å². The summed E-state index contributed by atoms with van der Waals surface area (Å²) in [4.78, 5) is 2.33. The van der Waals surface area contributed by atoms with Crippen LogP contribution >= 0.6 is 0 Å². The average Bonchev–Trinajstić information content (AvgIpc) is 3.14. The third kappa shape index (κ3) is 3.30. The molecule has 0 radical (unpaired) electrons. The molecule has 2 aliphatic rings. The van der Waals surface area contributed by atoms with Crippen LogP contribution in [0.1, 0.15) is 42.9 Å². The van der Waals surface area contributed by atoms with Crippen molar-refractivity contribution in [2.75, 3.05) is 31.6 Å². The molecule has 3 nitrogen and oxygen atoms in total. The van der Waals surface area contributed by atoms with E-state index >= 15 is 0 Å². The molecule has 1 aromatic rings. The fraction of sp³-hybridized carbons (Fsp3) is 0.556. The zero-order valence-corrected chi connectivity index (χ0v) is 13.1. The van der Waals surface area contributed by atoms with Crippen molar-refractivity contribution in [2.24, 2.45) is 5.73 Å². The predicted octanol–water partition coefficient (Wildman–Crippen LogP) is 2.77. The molecule has 0 aromatic heterocycles. The summed E-state index contributed by atoms with van der Waals surface area (Å²) >= 11 is 0. The topological polar surface area (TPSA) is 41.3 Å². The summed E-state index contributed by atoms with van der Waals surface area (Å²) in [7, 11) is 2.17. The fourth-order valence-corrected chi connectivity index (χ4v) is 3.51. The molecular formula is C18H27N3. The van der Waals surface area contributed by atoms with Gasteiger partial charge >= 0.3 is 0 Å². The minimum atomic E-state index is 0.281. The highest BCUT2D eigenvalue weighted by molar-refractivity contribution is 5.58. The van der Waals surface area contributed by atoms with Gasteiger partial charge in [-0.3, -0.25) is 0 Å². The highest BCUT2D eigenvalue weighted by Crippen LogP contribution is 2.29. The SMILES string of the molecule is CN1CCc2cc(C(CN)NCCC3=CCCC3)ccc21. The Labute approximate surface area is 128 Å². The Morgan fingerprint density at radius 1 is 1.33 bits per heavy atom. The molecule has 1 aliphatic heterocycles. The molecule has 1 heterocycles. The molecule has 3 N–H and O–H groups in total. The van der Waals surface area contributed by atoms with Gasteiger partial charge in [0.05, 0.1) is 0 Å². The van der Waals surface area contributed by atoms with E-state index in [1.54, 1.807) is 5.57 Å². The zero-order valence-electron chi connectivity index (χ0n) is 13.1. The number of fused-ring (bicyclic) bond motifs is 1. The molecule has 0 bridgehead atoms. The summed E-state index contributed by atoms with van der Waals surface area (Å²) < 4.78 is 0. The Morgan fingerprint density at radius 2 is 2.24 bits per heavy atom. The van der Waals surface area contributed by atoms with Gasteiger partial charge in [-0.25, -0.2) is 0 Å². The van der Waals surface area contributed by atoms with Crippen LogP contribution in [0.2, 0.25) is 0 Å². The number of nitrogens with two attached hydrogens (primary N) is 1. The highest BCUT2D eigenvalue weighted by atomic mass is 15.1. The van der Waals surface area contributed by atoms with Crippen molar-refractivity contribution in [3.05, 3.63) is 41.0 Å². The van der Waals surface area contributed by atoms with E-state index in [0.29, 0.717) is 6.54 Å². The van der Waals surface area contributed by atoms with Gasteiger partial charge in [0.25, 0.3) is 0 Å². The molecule has 0 spiro atoms. The largest absolute Gasteiger partial charge is 0.374 e. The lowest BCUT2D eigenvalue weighted by Gasteiger charge is -2.19. The number of hydrogen-bond acceptors (Lipinski definition) is 3. The van der Waals surface area contributed by atoms with Crippen LogP contribution in [0.15, 0.2) is 29.8 Å². The van der Waals surface area contributed by atoms with Crippen LogP contribution in [-0.2, 0) is 6.42 Å². The molecular weight excluding hydrogens is 258 g/mol. The Balaban J connectivity index is 1.60. The Morgan fingerprint density at radius 3 is 3.00 bits per heavy atom. The summed E-state index contributed by atoms with van der Waals surface area (Å²) in [6, 6.07) is 7.11. The van der Waals surface area contributed by atoms with Gasteiger partial charge in [-0.1, -0.05) is 23.8 Å². The summed E-state index contributed by atoms with van der Waals surface area (Å²) in [6.07, 6.45) is 8.64. The fourth-order valence-electron chi connectivity index (χ4n) is 3.51. The van der Waals surface area contributed by atoms with E-state index in [0.717, 1.165) is 19.5 Å². The van der Waals surface area contributed by atoms with E-state index < -0.39 is 0 Å². The normalized spacial score (nSPS) is 18.8. The lowest BCUT2D eigenvalue weighted by molar-refractivity contribution is 0.542. The molecule has 21 heavy (non-hydrogen) atoms. The number of rotatable bonds is 6. The number of anilines is 1. The molecule has 1 aliphatic carbocycles. The van der Waals surface area contributed by atoms with Gasteiger partial charge in [0.1, 0.15) is 0 Å². The first-order chi connectivity index (χ1) is 10.3. The van der Waals surface area contributed by atoms with E-state index in [1.165, 1.54) is 42.5 Å². The lowest BCUT2D eigenvalue weighted by Crippen LogP contribution is -2.29. The van der Waals surface area contributed by atoms with Crippen LogP contribution in [0.3, 0.4) is 0 Å². The maximum Gasteiger partial charge on any atom is 0.0444 e. The second-order valence-electron chi connectivity index (χ2n) is 6.31. The monoisotopic (exact) mass is 285 g/mol. The van der Waals surface area contributed by atoms with Crippen LogP contribution < -0.4 is 16.0 Å². The van der Waals surface area contributed by atoms with Gasteiger partial charge in [-0.05, 0) is 55.8 Å². The maximum absolute atomic E-state index is 5.98. The van der Waals surface area contributed by atoms with Crippen molar-refractivity contribution in [3.63, 3.8) is 0 Å². The summed E-state index contributed by atoms with van der Waals surface area (Å²) in [5, 5.41) is 3.64. The molecule has 1 aromatic carbocycles. The van der Waals surface area contributed by atoms with Crippen LogP contribution in [0.4, 0.5) is 5.69 Å². The number of nitrogens with one attached hydrogen (secondary N) is 1. The summed E-state index contributed by atoms with van der Waals surface area (Å²) in [5.41, 5.74) is 11.8. The zero-order chi connectivity index (χ0) is 14.7. The summed E-state index contributed by atoms with van der Waals surface area (Å²) in [5.74, 6) is 0. The third-order valence-corrected chi connectivity index (χ3v) is 4.84. The van der Waals surface area contributed by atoms with Crippen molar-refractivity contribution in [2.45, 2.75) is 38.1 Å². The minimum absolute atomic E-state index is 0.281. The minimum Gasteiger partial charge on any atom is -0.374 e. The molecule has 0 fully saturated rings. The first-order valence-electron chi connectivity index (χ1n) is 8.23. The molecule has 0 saturated heterocycles. The number of likely N-dealkylation sites (N-methyl/N-ethyl adjacent to an activating group) is 1. The van der Waals surface area contributed by atoms with Crippen LogP contribution in [0.5, 0.6) is 0 Å². The van der Waals surface area contributed by atoms with E-state index in [9.17, 15) is 0 Å². The van der Waals surface area contributed by atoms with Crippen molar-refractivity contribution < 1.29 is 0 Å². The summed E-state index contributed by atoms with van der Waals surface area (Å²) in [6.45, 7) is 2.83. The van der Waals surface area contributed by atoms with Crippen LogP contribution in [0.25, 0.3) is 0 Å². The lowest BCUT2D eigenvalue weighted by atomic mass is 10.0. The second-order valence-corrected chi connectivity index (χ2v) is 6.31. The Hall–Kier alpha value is -1.32.